The highest BCUT2D eigenvalue weighted by Crippen LogP contribution is 2.32. The summed E-state index contributed by atoms with van der Waals surface area (Å²) in [7, 11) is 0. The fraction of sp³-hybridized carbons (Fsp3) is 0.533. The Labute approximate surface area is 119 Å². The summed E-state index contributed by atoms with van der Waals surface area (Å²) in [5, 5.41) is 21.9. The van der Waals surface area contributed by atoms with Gasteiger partial charge in [-0.1, -0.05) is 19.9 Å². The number of hydrogen-bond donors (Lipinski definition) is 3. The van der Waals surface area contributed by atoms with Crippen molar-refractivity contribution >= 4 is 11.8 Å². The number of phenolic OH excluding ortho intramolecular Hbond substituents is 1. The molecular formula is C15H23NO4. The van der Waals surface area contributed by atoms with Crippen molar-refractivity contribution in [3.05, 3.63) is 23.8 Å². The third kappa shape index (κ3) is 4.42. The van der Waals surface area contributed by atoms with Crippen LogP contribution in [-0.2, 0) is 10.2 Å². The molecule has 0 aliphatic rings. The number of aliphatic hydroxyl groups is 1. The number of ether oxygens (including phenoxy) is 1. The smallest absolute Gasteiger partial charge is 0.412 e. The molecule has 0 aliphatic carbocycles. The lowest BCUT2D eigenvalue weighted by molar-refractivity contribution is 0.0636. The Morgan fingerprint density at radius 2 is 1.85 bits per heavy atom. The van der Waals surface area contributed by atoms with Crippen LogP contribution in [0, 0.1) is 0 Å². The molecule has 0 spiro atoms. The Morgan fingerprint density at radius 1 is 1.25 bits per heavy atom. The van der Waals surface area contributed by atoms with Gasteiger partial charge in [-0.2, -0.15) is 0 Å². The Morgan fingerprint density at radius 3 is 2.30 bits per heavy atom. The van der Waals surface area contributed by atoms with Crippen molar-refractivity contribution in [1.82, 2.24) is 0 Å². The van der Waals surface area contributed by atoms with E-state index in [-0.39, 0.29) is 12.4 Å². The zero-order valence-corrected chi connectivity index (χ0v) is 12.7. The van der Waals surface area contributed by atoms with Crippen LogP contribution in [-0.4, -0.2) is 28.5 Å². The maximum absolute atomic E-state index is 11.6. The number of benzene rings is 1. The Balaban J connectivity index is 2.86. The average Bonchev–Trinajstić information content (AvgIpc) is 2.25. The summed E-state index contributed by atoms with van der Waals surface area (Å²) in [4.78, 5) is 11.6. The molecule has 1 aromatic carbocycles. The lowest BCUT2D eigenvalue weighted by Crippen LogP contribution is -2.27. The molecule has 0 saturated carbocycles. The van der Waals surface area contributed by atoms with Crippen LogP contribution in [0.25, 0.3) is 0 Å². The number of rotatable bonds is 3. The van der Waals surface area contributed by atoms with E-state index < -0.39 is 17.1 Å². The van der Waals surface area contributed by atoms with Gasteiger partial charge in [0, 0.05) is 22.7 Å². The highest BCUT2D eigenvalue weighted by molar-refractivity contribution is 5.85. The zero-order chi connectivity index (χ0) is 15.6. The molecule has 0 unspecified atom stereocenters. The van der Waals surface area contributed by atoms with Crippen LogP contribution in [0.15, 0.2) is 18.2 Å². The van der Waals surface area contributed by atoms with E-state index in [9.17, 15) is 15.0 Å². The molecule has 0 saturated heterocycles. The minimum atomic E-state index is -0.578. The normalized spacial score (nSPS) is 12.1. The van der Waals surface area contributed by atoms with Crippen LogP contribution in [0.3, 0.4) is 0 Å². The fourth-order valence-corrected chi connectivity index (χ4v) is 1.69. The van der Waals surface area contributed by atoms with Crippen molar-refractivity contribution in [1.29, 1.82) is 0 Å². The number of phenols is 1. The van der Waals surface area contributed by atoms with Gasteiger partial charge in [-0.15, -0.1) is 0 Å². The van der Waals surface area contributed by atoms with E-state index in [4.69, 9.17) is 4.74 Å². The Bertz CT molecular complexity index is 489. The van der Waals surface area contributed by atoms with E-state index in [1.165, 1.54) is 6.07 Å². The highest BCUT2D eigenvalue weighted by Gasteiger charge is 2.23. The topological polar surface area (TPSA) is 78.8 Å². The first-order valence-electron chi connectivity index (χ1n) is 6.49. The molecule has 1 amide bonds. The van der Waals surface area contributed by atoms with Gasteiger partial charge in [0.15, 0.2) is 0 Å². The lowest BCUT2D eigenvalue weighted by Gasteiger charge is -2.24. The van der Waals surface area contributed by atoms with E-state index >= 15 is 0 Å². The quantitative estimate of drug-likeness (QED) is 0.795. The number of anilines is 1. The average molecular weight is 281 g/mol. The molecule has 112 valence electrons. The second kappa shape index (κ2) is 5.71. The molecule has 5 nitrogen and oxygen atoms in total. The molecule has 1 rings (SSSR count). The van der Waals surface area contributed by atoms with Crippen LogP contribution < -0.4 is 5.32 Å². The molecule has 0 radical (unpaired) electrons. The van der Waals surface area contributed by atoms with Crippen molar-refractivity contribution in [2.75, 3.05) is 11.9 Å². The molecule has 0 aromatic heterocycles. The standard InChI is InChI=1S/C15H23NO4/c1-14(2,3)20-13(19)16-10-6-7-11(12(18)8-10)15(4,5)9-17/h6-8,17-18H,9H2,1-5H3,(H,16,19). The van der Waals surface area contributed by atoms with E-state index in [0.29, 0.717) is 11.3 Å². The van der Waals surface area contributed by atoms with Crippen molar-refractivity contribution in [3.63, 3.8) is 0 Å². The number of nitrogens with one attached hydrogen (secondary N) is 1. The molecule has 0 fully saturated rings. The fourth-order valence-electron chi connectivity index (χ4n) is 1.69. The van der Waals surface area contributed by atoms with Gasteiger partial charge in [-0.3, -0.25) is 5.32 Å². The van der Waals surface area contributed by atoms with Gasteiger partial charge >= 0.3 is 6.09 Å². The van der Waals surface area contributed by atoms with E-state index in [1.54, 1.807) is 32.9 Å². The molecular weight excluding hydrogens is 258 g/mol. The third-order valence-electron chi connectivity index (χ3n) is 2.77. The molecule has 0 heterocycles. The number of carbonyl (C=O) groups is 1. The van der Waals surface area contributed by atoms with Crippen LogP contribution in [0.2, 0.25) is 0 Å². The lowest BCUT2D eigenvalue weighted by atomic mass is 9.85. The van der Waals surface area contributed by atoms with Gasteiger partial charge in [0.05, 0.1) is 6.61 Å². The molecule has 0 aliphatic heterocycles. The minimum Gasteiger partial charge on any atom is -0.508 e. The molecule has 0 atom stereocenters. The number of hydrogen-bond acceptors (Lipinski definition) is 4. The predicted octanol–water partition coefficient (Wildman–Crippen LogP) is 3.01. The van der Waals surface area contributed by atoms with Crippen LogP contribution in [0.5, 0.6) is 5.75 Å². The summed E-state index contributed by atoms with van der Waals surface area (Å²) in [6.45, 7) is 8.89. The van der Waals surface area contributed by atoms with Crippen molar-refractivity contribution in [3.8, 4) is 5.75 Å². The van der Waals surface area contributed by atoms with Crippen molar-refractivity contribution < 1.29 is 19.7 Å². The van der Waals surface area contributed by atoms with Crippen molar-refractivity contribution in [2.45, 2.75) is 45.6 Å². The Hall–Kier alpha value is -1.75. The summed E-state index contributed by atoms with van der Waals surface area (Å²) >= 11 is 0. The first-order valence-corrected chi connectivity index (χ1v) is 6.49. The monoisotopic (exact) mass is 281 g/mol. The second-order valence-corrected chi connectivity index (χ2v) is 6.40. The molecule has 20 heavy (non-hydrogen) atoms. The SMILES string of the molecule is CC(C)(C)OC(=O)Nc1ccc(C(C)(C)CO)c(O)c1. The molecule has 1 aromatic rings. The summed E-state index contributed by atoms with van der Waals surface area (Å²) in [6, 6.07) is 4.78. The molecule has 3 N–H and O–H groups in total. The van der Waals surface area contributed by atoms with Gasteiger partial charge in [-0.05, 0) is 26.8 Å². The molecule has 0 bridgehead atoms. The summed E-state index contributed by atoms with van der Waals surface area (Å²) in [5.74, 6) is 0.0256. The second-order valence-electron chi connectivity index (χ2n) is 6.40. The first-order chi connectivity index (χ1) is 9.05. The van der Waals surface area contributed by atoms with Gasteiger partial charge < -0.3 is 14.9 Å². The van der Waals surface area contributed by atoms with E-state index in [1.807, 2.05) is 13.8 Å². The maximum Gasteiger partial charge on any atom is 0.412 e. The number of carbonyl (C=O) groups excluding carboxylic acids is 1. The van der Waals surface area contributed by atoms with E-state index in [0.717, 1.165) is 0 Å². The Kier molecular flexibility index (Phi) is 4.65. The summed E-state index contributed by atoms with van der Waals surface area (Å²) in [6.07, 6.45) is -0.578. The van der Waals surface area contributed by atoms with Crippen LogP contribution in [0.4, 0.5) is 10.5 Å². The van der Waals surface area contributed by atoms with Gasteiger partial charge in [-0.25, -0.2) is 4.79 Å². The summed E-state index contributed by atoms with van der Waals surface area (Å²) < 4.78 is 5.13. The zero-order valence-electron chi connectivity index (χ0n) is 12.7. The van der Waals surface area contributed by atoms with Gasteiger partial charge in [0.25, 0.3) is 0 Å². The number of aliphatic hydroxyl groups excluding tert-OH is 1. The number of aromatic hydroxyl groups is 1. The van der Waals surface area contributed by atoms with Gasteiger partial charge in [0.2, 0.25) is 0 Å². The first kappa shape index (κ1) is 16.3. The predicted molar refractivity (Wildman–Crippen MR) is 78.1 cm³/mol. The minimum absolute atomic E-state index is 0.0256. The van der Waals surface area contributed by atoms with Crippen LogP contribution in [0.1, 0.15) is 40.2 Å². The van der Waals surface area contributed by atoms with Crippen molar-refractivity contribution in [2.24, 2.45) is 0 Å². The highest BCUT2D eigenvalue weighted by atomic mass is 16.6. The summed E-state index contributed by atoms with van der Waals surface area (Å²) in [5.41, 5.74) is -0.0663. The maximum atomic E-state index is 11.6. The molecule has 5 heteroatoms. The number of amides is 1. The van der Waals surface area contributed by atoms with Gasteiger partial charge in [0.1, 0.15) is 11.4 Å². The van der Waals surface area contributed by atoms with Crippen LogP contribution >= 0.6 is 0 Å². The third-order valence-corrected chi connectivity index (χ3v) is 2.77. The van der Waals surface area contributed by atoms with E-state index in [2.05, 4.69) is 5.32 Å². The largest absolute Gasteiger partial charge is 0.508 e.